The second-order valence-electron chi connectivity index (χ2n) is 5.72. The van der Waals surface area contributed by atoms with Gasteiger partial charge in [-0.15, -0.1) is 0 Å². The fourth-order valence-corrected chi connectivity index (χ4v) is 2.52. The Morgan fingerprint density at radius 2 is 1.90 bits per heavy atom. The number of carbonyl (C=O) groups is 1. The predicted octanol–water partition coefficient (Wildman–Crippen LogP) is 4.50. The number of nitro benzene ring substituents is 1. The Morgan fingerprint density at radius 3 is 2.53 bits per heavy atom. The molecule has 0 radical (unpaired) electrons. The molecule has 0 spiro atoms. The van der Waals surface area contributed by atoms with Crippen molar-refractivity contribution in [2.45, 2.75) is 13.8 Å². The Bertz CT molecular complexity index is 1020. The first-order valence-corrected chi connectivity index (χ1v) is 9.29. The lowest BCUT2D eigenvalue weighted by Gasteiger charge is -2.12. The molecule has 2 rings (SSSR count). The highest BCUT2D eigenvalue weighted by molar-refractivity contribution is 6.34. The largest absolute Gasteiger partial charge is 0.490 e. The quantitative estimate of drug-likeness (QED) is 0.259. The first kappa shape index (κ1) is 22.5. The van der Waals surface area contributed by atoms with E-state index in [1.165, 1.54) is 18.3 Å². The van der Waals surface area contributed by atoms with E-state index in [2.05, 4.69) is 10.6 Å². The fourth-order valence-electron chi connectivity index (χ4n) is 2.36. The highest BCUT2D eigenvalue weighted by Crippen LogP contribution is 2.31. The Labute approximate surface area is 178 Å². The van der Waals surface area contributed by atoms with Crippen molar-refractivity contribution >= 4 is 34.6 Å². The molecule has 156 valence electrons. The van der Waals surface area contributed by atoms with Gasteiger partial charge in [-0.2, -0.15) is 5.26 Å². The van der Waals surface area contributed by atoms with Gasteiger partial charge in [0.1, 0.15) is 11.6 Å². The summed E-state index contributed by atoms with van der Waals surface area (Å²) in [6.45, 7) is 4.61. The molecule has 0 saturated carbocycles. The van der Waals surface area contributed by atoms with Gasteiger partial charge < -0.3 is 20.1 Å². The fraction of sp³-hybridized carbons (Fsp3) is 0.200. The van der Waals surface area contributed by atoms with Crippen LogP contribution in [0.25, 0.3) is 0 Å². The number of ether oxygens (including phenoxy) is 2. The molecule has 0 aliphatic rings. The molecule has 2 aromatic carbocycles. The standard InChI is InChI=1S/C20H19ClN4O5/c1-3-29-18-8-5-14(9-19(18)30-4-2)23-12-13(11-22)20(26)24-17-10-15(25(27)28)6-7-16(17)21/h5-10,12,23H,3-4H2,1-2H3,(H,24,26)/b13-12-. The summed E-state index contributed by atoms with van der Waals surface area (Å²) in [5.41, 5.74) is 0.0881. The Morgan fingerprint density at radius 1 is 1.20 bits per heavy atom. The van der Waals surface area contributed by atoms with Crippen molar-refractivity contribution in [3.63, 3.8) is 0 Å². The van der Waals surface area contributed by atoms with E-state index in [1.54, 1.807) is 24.3 Å². The topological polar surface area (TPSA) is 127 Å². The second-order valence-corrected chi connectivity index (χ2v) is 6.12. The molecule has 0 fully saturated rings. The van der Waals surface area contributed by atoms with Crippen LogP contribution in [-0.2, 0) is 4.79 Å². The average Bonchev–Trinajstić information content (AvgIpc) is 2.72. The number of halogens is 1. The minimum absolute atomic E-state index is 0.0247. The maximum absolute atomic E-state index is 12.4. The summed E-state index contributed by atoms with van der Waals surface area (Å²) in [6.07, 6.45) is 1.21. The van der Waals surface area contributed by atoms with Crippen molar-refractivity contribution in [2.24, 2.45) is 0 Å². The molecule has 0 unspecified atom stereocenters. The van der Waals surface area contributed by atoms with Crippen LogP contribution in [0.5, 0.6) is 11.5 Å². The number of non-ortho nitro benzene ring substituents is 1. The molecule has 10 heteroatoms. The number of hydrogen-bond acceptors (Lipinski definition) is 7. The van der Waals surface area contributed by atoms with E-state index in [1.807, 2.05) is 13.8 Å². The number of nitriles is 1. The van der Waals surface area contributed by atoms with Crippen molar-refractivity contribution in [3.05, 3.63) is 63.3 Å². The third-order valence-electron chi connectivity index (χ3n) is 3.70. The Hall–Kier alpha value is -3.77. The molecule has 2 aromatic rings. The van der Waals surface area contributed by atoms with Crippen molar-refractivity contribution in [1.82, 2.24) is 0 Å². The smallest absolute Gasteiger partial charge is 0.271 e. The van der Waals surface area contributed by atoms with E-state index >= 15 is 0 Å². The van der Waals surface area contributed by atoms with Crippen LogP contribution in [0.2, 0.25) is 5.02 Å². The first-order valence-electron chi connectivity index (χ1n) is 8.91. The van der Waals surface area contributed by atoms with E-state index < -0.39 is 10.8 Å². The zero-order valence-corrected chi connectivity index (χ0v) is 17.0. The van der Waals surface area contributed by atoms with Crippen molar-refractivity contribution in [1.29, 1.82) is 5.26 Å². The van der Waals surface area contributed by atoms with Gasteiger partial charge in [-0.3, -0.25) is 14.9 Å². The molecular weight excluding hydrogens is 412 g/mol. The number of benzene rings is 2. The summed E-state index contributed by atoms with van der Waals surface area (Å²) in [5.74, 6) is 0.319. The van der Waals surface area contributed by atoms with Crippen molar-refractivity contribution in [2.75, 3.05) is 23.8 Å². The molecule has 1 amide bonds. The van der Waals surface area contributed by atoms with Crippen LogP contribution in [0.15, 0.2) is 48.2 Å². The van der Waals surface area contributed by atoms with Gasteiger partial charge in [0, 0.05) is 30.1 Å². The number of carbonyl (C=O) groups excluding carboxylic acids is 1. The maximum atomic E-state index is 12.4. The van der Waals surface area contributed by atoms with Crippen LogP contribution >= 0.6 is 11.6 Å². The molecule has 30 heavy (non-hydrogen) atoms. The maximum Gasteiger partial charge on any atom is 0.271 e. The van der Waals surface area contributed by atoms with Crippen LogP contribution in [0.4, 0.5) is 17.1 Å². The van der Waals surface area contributed by atoms with Gasteiger partial charge in [0.05, 0.1) is 28.8 Å². The zero-order chi connectivity index (χ0) is 22.1. The van der Waals surface area contributed by atoms with E-state index in [9.17, 15) is 20.2 Å². The average molecular weight is 431 g/mol. The second kappa shape index (κ2) is 10.7. The minimum Gasteiger partial charge on any atom is -0.490 e. The van der Waals surface area contributed by atoms with Gasteiger partial charge in [-0.1, -0.05) is 11.6 Å². The molecule has 0 atom stereocenters. The first-order chi connectivity index (χ1) is 14.4. The van der Waals surface area contributed by atoms with E-state index in [0.29, 0.717) is 30.4 Å². The number of nitro groups is 1. The van der Waals surface area contributed by atoms with Gasteiger partial charge in [-0.25, -0.2) is 0 Å². The van der Waals surface area contributed by atoms with Crippen LogP contribution in [0, 0.1) is 21.4 Å². The lowest BCUT2D eigenvalue weighted by Crippen LogP contribution is -2.15. The lowest BCUT2D eigenvalue weighted by molar-refractivity contribution is -0.384. The van der Waals surface area contributed by atoms with Gasteiger partial charge in [-0.05, 0) is 32.0 Å². The predicted molar refractivity (Wildman–Crippen MR) is 113 cm³/mol. The van der Waals surface area contributed by atoms with Crippen LogP contribution < -0.4 is 20.1 Å². The molecule has 0 saturated heterocycles. The van der Waals surface area contributed by atoms with E-state index in [0.717, 1.165) is 6.07 Å². The van der Waals surface area contributed by atoms with E-state index in [4.69, 9.17) is 21.1 Å². The van der Waals surface area contributed by atoms with Gasteiger partial charge in [0.25, 0.3) is 11.6 Å². The monoisotopic (exact) mass is 430 g/mol. The summed E-state index contributed by atoms with van der Waals surface area (Å²) in [5, 5.41) is 25.6. The molecule has 0 heterocycles. The summed E-state index contributed by atoms with van der Waals surface area (Å²) in [6, 6.07) is 10.5. The van der Waals surface area contributed by atoms with Crippen LogP contribution in [0.3, 0.4) is 0 Å². The molecule has 9 nitrogen and oxygen atoms in total. The number of nitrogens with one attached hydrogen (secondary N) is 2. The molecule has 0 bridgehead atoms. The molecule has 0 aliphatic carbocycles. The number of hydrogen-bond donors (Lipinski definition) is 2. The lowest BCUT2D eigenvalue weighted by atomic mass is 10.2. The van der Waals surface area contributed by atoms with Gasteiger partial charge >= 0.3 is 0 Å². The van der Waals surface area contributed by atoms with Gasteiger partial charge in [0.15, 0.2) is 11.5 Å². The summed E-state index contributed by atoms with van der Waals surface area (Å²) in [7, 11) is 0. The highest BCUT2D eigenvalue weighted by atomic mass is 35.5. The SMILES string of the molecule is CCOc1ccc(N/C=C(/C#N)C(=O)Nc2cc([N+](=O)[O-])ccc2Cl)cc1OCC. The highest BCUT2D eigenvalue weighted by Gasteiger charge is 2.15. The van der Waals surface area contributed by atoms with Crippen molar-refractivity contribution < 1.29 is 19.2 Å². The summed E-state index contributed by atoms with van der Waals surface area (Å²) < 4.78 is 11.0. The molecule has 0 aliphatic heterocycles. The van der Waals surface area contributed by atoms with Crippen LogP contribution in [0.1, 0.15) is 13.8 Å². The van der Waals surface area contributed by atoms with Crippen LogP contribution in [-0.4, -0.2) is 24.0 Å². The molecule has 0 aromatic heterocycles. The van der Waals surface area contributed by atoms with E-state index in [-0.39, 0.29) is 22.0 Å². The number of rotatable bonds is 9. The zero-order valence-electron chi connectivity index (χ0n) is 16.3. The third-order valence-corrected chi connectivity index (χ3v) is 4.03. The van der Waals surface area contributed by atoms with Gasteiger partial charge in [0.2, 0.25) is 0 Å². The summed E-state index contributed by atoms with van der Waals surface area (Å²) >= 11 is 5.97. The van der Waals surface area contributed by atoms with Crippen molar-refractivity contribution in [3.8, 4) is 17.6 Å². The number of amides is 1. The molecular formula is C20H19ClN4O5. The Balaban J connectivity index is 2.19. The number of anilines is 2. The summed E-state index contributed by atoms with van der Waals surface area (Å²) in [4.78, 5) is 22.7. The minimum atomic E-state index is -0.775. The number of nitrogens with zero attached hydrogens (tertiary/aromatic N) is 2. The Kier molecular flexibility index (Phi) is 8.02. The molecule has 2 N–H and O–H groups in total. The normalized spacial score (nSPS) is 10.7. The third kappa shape index (κ3) is 5.86.